The van der Waals surface area contributed by atoms with Crippen LogP contribution in [0.5, 0.6) is 0 Å². The molecule has 4 nitrogen and oxygen atoms in total. The van der Waals surface area contributed by atoms with Crippen LogP contribution in [0.15, 0.2) is 23.4 Å². The topological polar surface area (TPSA) is 67.1 Å². The van der Waals surface area contributed by atoms with Crippen molar-refractivity contribution in [3.05, 3.63) is 23.4 Å². The normalized spacial score (nSPS) is 25.4. The van der Waals surface area contributed by atoms with Crippen LogP contribution in [0.25, 0.3) is 0 Å². The molecule has 1 heterocycles. The molecular weight excluding hydrogens is 178 g/mol. The molecule has 0 bridgehead atoms. The second-order valence-electron chi connectivity index (χ2n) is 3.70. The van der Waals surface area contributed by atoms with Crippen molar-refractivity contribution < 1.29 is 4.79 Å². The van der Waals surface area contributed by atoms with E-state index in [1.54, 1.807) is 0 Å². The summed E-state index contributed by atoms with van der Waals surface area (Å²) in [5.74, 6) is 4.90. The van der Waals surface area contributed by atoms with Gasteiger partial charge in [0.05, 0.1) is 0 Å². The molecule has 1 aliphatic carbocycles. The maximum atomic E-state index is 11.3. The average molecular weight is 193 g/mol. The molecule has 0 saturated carbocycles. The van der Waals surface area contributed by atoms with Crippen LogP contribution in [0, 0.1) is 0 Å². The number of hydrazine groups is 1. The van der Waals surface area contributed by atoms with Crippen molar-refractivity contribution in [1.82, 2.24) is 10.7 Å². The molecule has 1 atom stereocenters. The highest BCUT2D eigenvalue weighted by Gasteiger charge is 2.21. The average Bonchev–Trinajstić information content (AvgIpc) is 2.27. The fraction of sp³-hybridized carbons (Fsp3) is 0.500. The van der Waals surface area contributed by atoms with Gasteiger partial charge in [0, 0.05) is 5.70 Å². The molecule has 0 radical (unpaired) electrons. The van der Waals surface area contributed by atoms with Gasteiger partial charge in [-0.1, -0.05) is 12.2 Å². The second-order valence-corrected chi connectivity index (χ2v) is 3.70. The van der Waals surface area contributed by atoms with Gasteiger partial charge in [-0.15, -0.1) is 0 Å². The van der Waals surface area contributed by atoms with E-state index in [2.05, 4.69) is 10.7 Å². The highest BCUT2D eigenvalue weighted by molar-refractivity contribution is 5.84. The van der Waals surface area contributed by atoms with Crippen LogP contribution in [0.3, 0.4) is 0 Å². The Bertz CT molecular complexity index is 306. The molecule has 0 aromatic rings. The Morgan fingerprint density at radius 1 is 1.50 bits per heavy atom. The molecule has 4 heteroatoms. The van der Waals surface area contributed by atoms with Gasteiger partial charge in [-0.05, 0) is 31.3 Å². The molecule has 2 aliphatic rings. The summed E-state index contributed by atoms with van der Waals surface area (Å²) in [4.78, 5) is 11.3. The van der Waals surface area contributed by atoms with Crippen molar-refractivity contribution in [3.63, 3.8) is 0 Å². The molecule has 2 rings (SSSR count). The highest BCUT2D eigenvalue weighted by atomic mass is 16.2. The Morgan fingerprint density at radius 3 is 3.07 bits per heavy atom. The number of carbonyl (C=O) groups is 1. The molecule has 1 aliphatic heterocycles. The van der Waals surface area contributed by atoms with Crippen LogP contribution in [0.2, 0.25) is 0 Å². The van der Waals surface area contributed by atoms with E-state index in [9.17, 15) is 4.79 Å². The number of hydrogen-bond acceptors (Lipinski definition) is 3. The fourth-order valence-electron chi connectivity index (χ4n) is 1.97. The molecule has 1 unspecified atom stereocenters. The summed E-state index contributed by atoms with van der Waals surface area (Å²) in [6, 6.07) is -0.295. The van der Waals surface area contributed by atoms with Gasteiger partial charge >= 0.3 is 0 Å². The molecule has 1 amide bonds. The molecule has 0 aromatic heterocycles. The molecule has 0 spiro atoms. The van der Waals surface area contributed by atoms with Crippen LogP contribution >= 0.6 is 0 Å². The van der Waals surface area contributed by atoms with Crippen LogP contribution < -0.4 is 16.6 Å². The third kappa shape index (κ3) is 1.65. The van der Waals surface area contributed by atoms with E-state index in [0.29, 0.717) is 0 Å². The zero-order valence-corrected chi connectivity index (χ0v) is 8.05. The first-order chi connectivity index (χ1) is 6.81. The Kier molecular flexibility index (Phi) is 2.54. The monoisotopic (exact) mass is 193 g/mol. The van der Waals surface area contributed by atoms with Gasteiger partial charge in [0.1, 0.15) is 6.04 Å². The first-order valence-corrected chi connectivity index (χ1v) is 4.98. The van der Waals surface area contributed by atoms with E-state index in [0.717, 1.165) is 12.8 Å². The maximum Gasteiger partial charge on any atom is 0.260 e. The van der Waals surface area contributed by atoms with E-state index < -0.39 is 0 Å². The Labute approximate surface area is 83.2 Å². The lowest BCUT2D eigenvalue weighted by Crippen LogP contribution is -2.46. The van der Waals surface area contributed by atoms with Gasteiger partial charge in [-0.2, -0.15) is 0 Å². The fourth-order valence-corrected chi connectivity index (χ4v) is 1.97. The Morgan fingerprint density at radius 2 is 2.29 bits per heavy atom. The van der Waals surface area contributed by atoms with E-state index in [-0.39, 0.29) is 11.9 Å². The lowest BCUT2D eigenvalue weighted by molar-refractivity contribution is -0.122. The van der Waals surface area contributed by atoms with Crippen molar-refractivity contribution in [2.75, 3.05) is 0 Å². The van der Waals surface area contributed by atoms with Gasteiger partial charge in [0.15, 0.2) is 0 Å². The minimum absolute atomic E-state index is 0.182. The largest absolute Gasteiger partial charge is 0.374 e. The quantitative estimate of drug-likeness (QED) is 0.319. The Hall–Kier alpha value is -1.29. The Balaban J connectivity index is 2.10. The summed E-state index contributed by atoms with van der Waals surface area (Å²) in [6.45, 7) is 0. The van der Waals surface area contributed by atoms with Crippen molar-refractivity contribution in [1.29, 1.82) is 0 Å². The lowest BCUT2D eigenvalue weighted by Gasteiger charge is -2.27. The SMILES string of the molecule is NNC(=O)C1C=CC2=C(CCCC2)N1. The van der Waals surface area contributed by atoms with E-state index >= 15 is 0 Å². The van der Waals surface area contributed by atoms with Gasteiger partial charge in [0.25, 0.3) is 5.91 Å². The molecule has 0 aromatic carbocycles. The van der Waals surface area contributed by atoms with Crippen molar-refractivity contribution in [2.45, 2.75) is 31.7 Å². The standard InChI is InChI=1S/C10H15N3O/c11-13-10(14)9-6-5-7-3-1-2-4-8(7)12-9/h5-6,9,12H,1-4,11H2,(H,13,14). The predicted molar refractivity (Wildman–Crippen MR) is 53.9 cm³/mol. The van der Waals surface area contributed by atoms with Crippen molar-refractivity contribution >= 4 is 5.91 Å². The second kappa shape index (κ2) is 3.84. The smallest absolute Gasteiger partial charge is 0.260 e. The summed E-state index contributed by atoms with van der Waals surface area (Å²) in [6.07, 6.45) is 8.54. The van der Waals surface area contributed by atoms with Gasteiger partial charge in [-0.25, -0.2) is 5.84 Å². The minimum Gasteiger partial charge on any atom is -0.374 e. The summed E-state index contributed by atoms with van der Waals surface area (Å²) in [7, 11) is 0. The van der Waals surface area contributed by atoms with E-state index in [4.69, 9.17) is 5.84 Å². The van der Waals surface area contributed by atoms with E-state index in [1.165, 1.54) is 24.1 Å². The molecule has 0 saturated heterocycles. The van der Waals surface area contributed by atoms with Crippen LogP contribution in [0.4, 0.5) is 0 Å². The first kappa shape index (κ1) is 9.27. The van der Waals surface area contributed by atoms with Gasteiger partial charge in [0.2, 0.25) is 0 Å². The molecule has 76 valence electrons. The van der Waals surface area contributed by atoms with Gasteiger partial charge < -0.3 is 5.32 Å². The van der Waals surface area contributed by atoms with Crippen molar-refractivity contribution in [3.8, 4) is 0 Å². The molecule has 4 N–H and O–H groups in total. The summed E-state index contributed by atoms with van der Waals surface area (Å²) in [5.41, 5.74) is 4.71. The zero-order chi connectivity index (χ0) is 9.97. The third-order valence-corrected chi connectivity index (χ3v) is 2.75. The van der Waals surface area contributed by atoms with Crippen LogP contribution in [-0.4, -0.2) is 11.9 Å². The van der Waals surface area contributed by atoms with Crippen LogP contribution in [-0.2, 0) is 4.79 Å². The number of carbonyl (C=O) groups excluding carboxylic acids is 1. The van der Waals surface area contributed by atoms with Crippen LogP contribution in [0.1, 0.15) is 25.7 Å². The number of hydrogen-bond donors (Lipinski definition) is 3. The van der Waals surface area contributed by atoms with E-state index in [1.807, 2.05) is 12.2 Å². The third-order valence-electron chi connectivity index (χ3n) is 2.75. The number of dihydropyridines is 1. The summed E-state index contributed by atoms with van der Waals surface area (Å²) < 4.78 is 0. The number of rotatable bonds is 1. The van der Waals surface area contributed by atoms with Gasteiger partial charge in [-0.3, -0.25) is 10.2 Å². The zero-order valence-electron chi connectivity index (χ0n) is 8.05. The molecular formula is C10H15N3O. The maximum absolute atomic E-state index is 11.3. The lowest BCUT2D eigenvalue weighted by atomic mass is 9.92. The molecule has 14 heavy (non-hydrogen) atoms. The number of allylic oxidation sites excluding steroid dienone is 3. The minimum atomic E-state index is -0.295. The number of nitrogens with two attached hydrogens (primary N) is 1. The molecule has 0 fully saturated rings. The highest BCUT2D eigenvalue weighted by Crippen LogP contribution is 2.26. The first-order valence-electron chi connectivity index (χ1n) is 4.98. The predicted octanol–water partition coefficient (Wildman–Crippen LogP) is 0.332. The van der Waals surface area contributed by atoms with Crippen molar-refractivity contribution in [2.24, 2.45) is 5.84 Å². The summed E-state index contributed by atoms with van der Waals surface area (Å²) in [5, 5.41) is 3.21. The number of amides is 1. The summed E-state index contributed by atoms with van der Waals surface area (Å²) >= 11 is 0. The number of nitrogens with one attached hydrogen (secondary N) is 2.